The highest BCUT2D eigenvalue weighted by Gasteiger charge is 2.28. The molecular weight excluding hydrogens is 178 g/mol. The molecule has 0 aromatic rings. The summed E-state index contributed by atoms with van der Waals surface area (Å²) in [6.07, 6.45) is 3.50. The van der Waals surface area contributed by atoms with E-state index in [1.165, 1.54) is 4.90 Å². The van der Waals surface area contributed by atoms with E-state index in [1.807, 2.05) is 13.8 Å². The molecule has 0 aromatic heterocycles. The van der Waals surface area contributed by atoms with Crippen LogP contribution in [-0.2, 0) is 4.79 Å². The normalized spacial score (nSPS) is 11.5. The number of amides is 1. The van der Waals surface area contributed by atoms with Crippen LogP contribution in [0, 0.1) is 0 Å². The van der Waals surface area contributed by atoms with E-state index in [-0.39, 0.29) is 12.3 Å². The summed E-state index contributed by atoms with van der Waals surface area (Å²) in [5.74, 6) is 0.00870. The second-order valence-electron chi connectivity index (χ2n) is 4.19. The molecule has 1 N–H and O–H groups in total. The van der Waals surface area contributed by atoms with Crippen LogP contribution in [-0.4, -0.2) is 35.6 Å². The molecule has 14 heavy (non-hydrogen) atoms. The van der Waals surface area contributed by atoms with Crippen molar-refractivity contribution in [3.63, 3.8) is 0 Å². The summed E-state index contributed by atoms with van der Waals surface area (Å²) in [5, 5.41) is 10.2. The largest absolute Gasteiger partial charge is 0.389 e. The van der Waals surface area contributed by atoms with Crippen molar-refractivity contribution in [2.24, 2.45) is 0 Å². The van der Waals surface area contributed by atoms with Crippen molar-refractivity contribution in [2.75, 3.05) is 14.1 Å². The van der Waals surface area contributed by atoms with E-state index >= 15 is 0 Å². The molecule has 0 aromatic carbocycles. The quantitative estimate of drug-likeness (QED) is 0.712. The molecule has 0 radical (unpaired) electrons. The number of nitrogens with zero attached hydrogens (tertiary/aromatic N) is 1. The lowest BCUT2D eigenvalue weighted by molar-refractivity contribution is -0.134. The average molecular weight is 201 g/mol. The Labute approximate surface area is 87.1 Å². The topological polar surface area (TPSA) is 40.5 Å². The van der Waals surface area contributed by atoms with Gasteiger partial charge >= 0.3 is 0 Å². The number of aliphatic hydroxyl groups is 1. The van der Waals surface area contributed by atoms with Gasteiger partial charge < -0.3 is 10.0 Å². The zero-order valence-electron chi connectivity index (χ0n) is 9.84. The minimum absolute atomic E-state index is 0.00870. The number of hydrogen-bond acceptors (Lipinski definition) is 2. The third kappa shape index (κ3) is 4.61. The summed E-state index contributed by atoms with van der Waals surface area (Å²) in [7, 11) is 3.45. The Balaban J connectivity index is 4.27. The highest BCUT2D eigenvalue weighted by atomic mass is 16.3. The first-order valence-electron chi connectivity index (χ1n) is 5.37. The lowest BCUT2D eigenvalue weighted by Gasteiger charge is -2.28. The number of hydrogen-bond donors (Lipinski definition) is 1. The van der Waals surface area contributed by atoms with Gasteiger partial charge in [-0.1, -0.05) is 26.7 Å². The van der Waals surface area contributed by atoms with Gasteiger partial charge in [-0.3, -0.25) is 4.79 Å². The molecule has 0 aliphatic carbocycles. The second-order valence-corrected chi connectivity index (χ2v) is 4.19. The van der Waals surface area contributed by atoms with Crippen molar-refractivity contribution in [1.82, 2.24) is 4.90 Å². The summed E-state index contributed by atoms with van der Waals surface area (Å²) >= 11 is 0. The predicted octanol–water partition coefficient (Wildman–Crippen LogP) is 1.80. The summed E-state index contributed by atoms with van der Waals surface area (Å²) in [6.45, 7) is 4.06. The van der Waals surface area contributed by atoms with Crippen molar-refractivity contribution in [3.05, 3.63) is 0 Å². The highest BCUT2D eigenvalue weighted by Crippen LogP contribution is 2.23. The first-order valence-corrected chi connectivity index (χ1v) is 5.37. The molecule has 0 spiro atoms. The van der Waals surface area contributed by atoms with Crippen LogP contribution in [0.25, 0.3) is 0 Å². The molecular formula is C11H23NO2. The van der Waals surface area contributed by atoms with Crippen LogP contribution in [0.3, 0.4) is 0 Å². The highest BCUT2D eigenvalue weighted by molar-refractivity contribution is 5.76. The van der Waals surface area contributed by atoms with Gasteiger partial charge in [0.25, 0.3) is 0 Å². The van der Waals surface area contributed by atoms with Gasteiger partial charge in [0, 0.05) is 14.1 Å². The van der Waals surface area contributed by atoms with Gasteiger partial charge in [0.05, 0.1) is 12.0 Å². The van der Waals surface area contributed by atoms with Crippen molar-refractivity contribution < 1.29 is 9.90 Å². The van der Waals surface area contributed by atoms with E-state index in [0.29, 0.717) is 12.8 Å². The van der Waals surface area contributed by atoms with Gasteiger partial charge in [-0.05, 0) is 12.8 Å². The van der Waals surface area contributed by atoms with E-state index in [1.54, 1.807) is 14.1 Å². The average Bonchev–Trinajstić information content (AvgIpc) is 2.04. The molecule has 84 valence electrons. The van der Waals surface area contributed by atoms with Crippen LogP contribution in [0.15, 0.2) is 0 Å². The number of carbonyl (C=O) groups excluding carboxylic acids is 1. The smallest absolute Gasteiger partial charge is 0.224 e. The number of rotatable bonds is 6. The Bertz CT molecular complexity index is 172. The van der Waals surface area contributed by atoms with Gasteiger partial charge in [0.15, 0.2) is 0 Å². The van der Waals surface area contributed by atoms with Gasteiger partial charge in [0.1, 0.15) is 0 Å². The van der Waals surface area contributed by atoms with E-state index in [9.17, 15) is 9.90 Å². The third-order valence-corrected chi connectivity index (χ3v) is 2.41. The third-order valence-electron chi connectivity index (χ3n) is 2.41. The molecule has 0 saturated heterocycles. The maximum Gasteiger partial charge on any atom is 0.224 e. The monoisotopic (exact) mass is 201 g/mol. The Kier molecular flexibility index (Phi) is 5.77. The van der Waals surface area contributed by atoms with Crippen LogP contribution in [0.1, 0.15) is 46.0 Å². The molecule has 0 fully saturated rings. The van der Waals surface area contributed by atoms with E-state index in [4.69, 9.17) is 0 Å². The maximum atomic E-state index is 11.5. The maximum absolute atomic E-state index is 11.5. The van der Waals surface area contributed by atoms with Crippen LogP contribution >= 0.6 is 0 Å². The standard InChI is InChI=1S/C11H23NO2/c1-5-7-11(14,8-6-2)9-10(13)12(3)4/h14H,5-9H2,1-4H3. The summed E-state index contributed by atoms with van der Waals surface area (Å²) < 4.78 is 0. The van der Waals surface area contributed by atoms with Crippen molar-refractivity contribution in [2.45, 2.75) is 51.6 Å². The van der Waals surface area contributed by atoms with Gasteiger partial charge in [-0.2, -0.15) is 0 Å². The second kappa shape index (κ2) is 6.02. The molecule has 3 nitrogen and oxygen atoms in total. The zero-order valence-corrected chi connectivity index (χ0v) is 9.84. The molecule has 0 rings (SSSR count). The van der Waals surface area contributed by atoms with Crippen molar-refractivity contribution in [1.29, 1.82) is 0 Å². The lowest BCUT2D eigenvalue weighted by atomic mass is 9.89. The SMILES string of the molecule is CCCC(O)(CCC)CC(=O)N(C)C. The summed E-state index contributed by atoms with van der Waals surface area (Å²) in [6, 6.07) is 0. The molecule has 0 heterocycles. The van der Waals surface area contributed by atoms with E-state index in [0.717, 1.165) is 12.8 Å². The molecule has 0 bridgehead atoms. The van der Waals surface area contributed by atoms with E-state index in [2.05, 4.69) is 0 Å². The van der Waals surface area contributed by atoms with Gasteiger partial charge in [-0.15, -0.1) is 0 Å². The Morgan fingerprint density at radius 2 is 1.64 bits per heavy atom. The predicted molar refractivity (Wildman–Crippen MR) is 58.1 cm³/mol. The van der Waals surface area contributed by atoms with Gasteiger partial charge in [0.2, 0.25) is 5.91 Å². The molecule has 3 heteroatoms. The number of carbonyl (C=O) groups is 1. The first kappa shape index (κ1) is 13.4. The first-order chi connectivity index (χ1) is 6.45. The molecule has 1 amide bonds. The van der Waals surface area contributed by atoms with Crippen LogP contribution in [0.5, 0.6) is 0 Å². The fourth-order valence-electron chi connectivity index (χ4n) is 1.67. The van der Waals surface area contributed by atoms with Crippen LogP contribution < -0.4 is 0 Å². The lowest BCUT2D eigenvalue weighted by Crippen LogP contribution is -2.36. The molecule has 0 unspecified atom stereocenters. The van der Waals surface area contributed by atoms with Gasteiger partial charge in [-0.25, -0.2) is 0 Å². The minimum atomic E-state index is -0.787. The van der Waals surface area contributed by atoms with E-state index < -0.39 is 5.60 Å². The molecule has 0 atom stereocenters. The van der Waals surface area contributed by atoms with Crippen molar-refractivity contribution in [3.8, 4) is 0 Å². The van der Waals surface area contributed by atoms with Crippen LogP contribution in [0.4, 0.5) is 0 Å². The Morgan fingerprint density at radius 1 is 1.21 bits per heavy atom. The fourth-order valence-corrected chi connectivity index (χ4v) is 1.67. The molecule has 0 saturated carbocycles. The zero-order chi connectivity index (χ0) is 11.2. The van der Waals surface area contributed by atoms with Crippen LogP contribution in [0.2, 0.25) is 0 Å². The summed E-state index contributed by atoms with van der Waals surface area (Å²) in [5.41, 5.74) is -0.787. The minimum Gasteiger partial charge on any atom is -0.389 e. The Hall–Kier alpha value is -0.570. The van der Waals surface area contributed by atoms with Crippen molar-refractivity contribution >= 4 is 5.91 Å². The summed E-state index contributed by atoms with van der Waals surface area (Å²) in [4.78, 5) is 13.0. The molecule has 0 aliphatic heterocycles. The molecule has 0 aliphatic rings. The fraction of sp³-hybridized carbons (Fsp3) is 0.909. The Morgan fingerprint density at radius 3 is 1.93 bits per heavy atom.